The number of hydrogen-bond donors (Lipinski definition) is 2. The SMILES string of the molecule is O=C1C[C@H]2CN(C(=O)c3cnc(Nc4ccccc4)nc3)C[C@H]2N1. The Balaban J connectivity index is 1.42. The number of nitrogens with one attached hydrogen (secondary N) is 2. The molecule has 3 heterocycles. The Morgan fingerprint density at radius 1 is 1.17 bits per heavy atom. The molecule has 2 saturated heterocycles. The summed E-state index contributed by atoms with van der Waals surface area (Å²) < 4.78 is 0. The third kappa shape index (κ3) is 2.80. The molecule has 1 aromatic carbocycles. The molecule has 2 aromatic rings. The Labute approximate surface area is 139 Å². The van der Waals surface area contributed by atoms with E-state index in [1.165, 1.54) is 12.4 Å². The minimum atomic E-state index is -0.0927. The summed E-state index contributed by atoms with van der Waals surface area (Å²) in [4.78, 5) is 34.1. The number of amides is 2. The fourth-order valence-electron chi connectivity index (χ4n) is 3.25. The van der Waals surface area contributed by atoms with Crippen molar-refractivity contribution in [3.8, 4) is 0 Å². The highest BCUT2D eigenvalue weighted by Gasteiger charge is 2.41. The number of carbonyl (C=O) groups excluding carboxylic acids is 2. The molecule has 0 spiro atoms. The third-order valence-corrected chi connectivity index (χ3v) is 4.45. The van der Waals surface area contributed by atoms with Crippen LogP contribution in [0.5, 0.6) is 0 Å². The van der Waals surface area contributed by atoms with Crippen LogP contribution in [0.25, 0.3) is 0 Å². The lowest BCUT2D eigenvalue weighted by Crippen LogP contribution is -2.35. The van der Waals surface area contributed by atoms with Crippen molar-refractivity contribution in [2.75, 3.05) is 18.4 Å². The summed E-state index contributed by atoms with van der Waals surface area (Å²) in [5.74, 6) is 0.659. The molecule has 0 radical (unpaired) electrons. The number of rotatable bonds is 3. The zero-order valence-corrected chi connectivity index (χ0v) is 13.0. The van der Waals surface area contributed by atoms with Crippen LogP contribution in [-0.4, -0.2) is 45.8 Å². The number of para-hydroxylation sites is 1. The number of hydrogen-bond acceptors (Lipinski definition) is 5. The molecule has 0 unspecified atom stereocenters. The van der Waals surface area contributed by atoms with Crippen LogP contribution in [0.3, 0.4) is 0 Å². The van der Waals surface area contributed by atoms with Crippen LogP contribution in [-0.2, 0) is 4.79 Å². The zero-order valence-electron chi connectivity index (χ0n) is 13.0. The molecule has 0 aliphatic carbocycles. The highest BCUT2D eigenvalue weighted by atomic mass is 16.2. The second kappa shape index (κ2) is 5.92. The molecule has 24 heavy (non-hydrogen) atoms. The number of carbonyl (C=O) groups is 2. The van der Waals surface area contributed by atoms with Gasteiger partial charge in [-0.25, -0.2) is 9.97 Å². The molecule has 1 aromatic heterocycles. The summed E-state index contributed by atoms with van der Waals surface area (Å²) in [6.07, 6.45) is 3.57. The van der Waals surface area contributed by atoms with Gasteiger partial charge in [0.1, 0.15) is 0 Å². The summed E-state index contributed by atoms with van der Waals surface area (Å²) in [5, 5.41) is 6.00. The summed E-state index contributed by atoms with van der Waals surface area (Å²) in [7, 11) is 0. The molecule has 2 N–H and O–H groups in total. The largest absolute Gasteiger partial charge is 0.351 e. The molecule has 0 bridgehead atoms. The van der Waals surface area contributed by atoms with Crippen LogP contribution in [0, 0.1) is 5.92 Å². The van der Waals surface area contributed by atoms with Gasteiger partial charge in [-0.1, -0.05) is 18.2 Å². The fraction of sp³-hybridized carbons (Fsp3) is 0.294. The van der Waals surface area contributed by atoms with E-state index in [-0.39, 0.29) is 23.8 Å². The van der Waals surface area contributed by atoms with E-state index in [1.807, 2.05) is 30.3 Å². The van der Waals surface area contributed by atoms with Gasteiger partial charge in [0, 0.05) is 43.5 Å². The topological polar surface area (TPSA) is 87.2 Å². The van der Waals surface area contributed by atoms with E-state index in [0.717, 1.165) is 5.69 Å². The smallest absolute Gasteiger partial charge is 0.257 e. The normalized spacial score (nSPS) is 22.2. The van der Waals surface area contributed by atoms with Crippen LogP contribution in [0.15, 0.2) is 42.7 Å². The quantitative estimate of drug-likeness (QED) is 0.886. The van der Waals surface area contributed by atoms with E-state index in [9.17, 15) is 9.59 Å². The summed E-state index contributed by atoms with van der Waals surface area (Å²) in [6, 6.07) is 9.69. The Bertz CT molecular complexity index is 746. The van der Waals surface area contributed by atoms with Gasteiger partial charge in [0.25, 0.3) is 5.91 Å². The molecule has 122 valence electrons. The Morgan fingerprint density at radius 3 is 2.62 bits per heavy atom. The number of fused-ring (bicyclic) bond motifs is 1. The van der Waals surface area contributed by atoms with Crippen molar-refractivity contribution in [1.29, 1.82) is 0 Å². The van der Waals surface area contributed by atoms with E-state index in [4.69, 9.17) is 0 Å². The number of likely N-dealkylation sites (tertiary alicyclic amines) is 1. The second-order valence-electron chi connectivity index (χ2n) is 6.13. The lowest BCUT2D eigenvalue weighted by Gasteiger charge is -2.17. The van der Waals surface area contributed by atoms with Gasteiger partial charge in [-0.15, -0.1) is 0 Å². The lowest BCUT2D eigenvalue weighted by molar-refractivity contribution is -0.119. The Morgan fingerprint density at radius 2 is 1.92 bits per heavy atom. The zero-order chi connectivity index (χ0) is 16.5. The monoisotopic (exact) mass is 323 g/mol. The minimum Gasteiger partial charge on any atom is -0.351 e. The first-order valence-corrected chi connectivity index (χ1v) is 7.92. The van der Waals surface area contributed by atoms with E-state index in [1.54, 1.807) is 4.90 Å². The molecule has 2 fully saturated rings. The Kier molecular flexibility index (Phi) is 3.60. The van der Waals surface area contributed by atoms with Crippen molar-refractivity contribution in [3.05, 3.63) is 48.3 Å². The van der Waals surface area contributed by atoms with E-state index >= 15 is 0 Å². The molecule has 2 aliphatic rings. The first kappa shape index (κ1) is 14.6. The average Bonchev–Trinajstić information content (AvgIpc) is 3.13. The highest BCUT2D eigenvalue weighted by Crippen LogP contribution is 2.26. The predicted molar refractivity (Wildman–Crippen MR) is 87.7 cm³/mol. The van der Waals surface area contributed by atoms with E-state index in [0.29, 0.717) is 31.0 Å². The predicted octanol–water partition coefficient (Wildman–Crippen LogP) is 1.18. The first-order valence-electron chi connectivity index (χ1n) is 7.92. The van der Waals surface area contributed by atoms with Gasteiger partial charge in [-0.3, -0.25) is 9.59 Å². The van der Waals surface area contributed by atoms with Crippen molar-refractivity contribution in [2.45, 2.75) is 12.5 Å². The molecule has 0 saturated carbocycles. The van der Waals surface area contributed by atoms with Crippen molar-refractivity contribution in [2.24, 2.45) is 5.92 Å². The third-order valence-electron chi connectivity index (χ3n) is 4.45. The maximum atomic E-state index is 12.5. The van der Waals surface area contributed by atoms with Gasteiger partial charge in [0.05, 0.1) is 11.6 Å². The van der Waals surface area contributed by atoms with E-state index in [2.05, 4.69) is 20.6 Å². The standard InChI is InChI=1S/C17H17N5O2/c23-15-6-11-9-22(10-14(11)21-15)16(24)12-7-18-17(19-8-12)20-13-4-2-1-3-5-13/h1-5,7-8,11,14H,6,9-10H2,(H,21,23)(H,18,19,20)/t11-,14+/m0/s1. The molecular weight excluding hydrogens is 306 g/mol. The molecular formula is C17H17N5O2. The van der Waals surface area contributed by atoms with Crippen molar-refractivity contribution >= 4 is 23.5 Å². The summed E-state index contributed by atoms with van der Waals surface area (Å²) in [5.41, 5.74) is 1.35. The number of nitrogens with zero attached hydrogens (tertiary/aromatic N) is 3. The minimum absolute atomic E-state index is 0.0803. The van der Waals surface area contributed by atoms with Gasteiger partial charge in [-0.05, 0) is 12.1 Å². The van der Waals surface area contributed by atoms with Crippen molar-refractivity contribution < 1.29 is 9.59 Å². The van der Waals surface area contributed by atoms with Crippen LogP contribution in [0.1, 0.15) is 16.8 Å². The van der Waals surface area contributed by atoms with Gasteiger partial charge >= 0.3 is 0 Å². The van der Waals surface area contributed by atoms with Gasteiger partial charge in [0.2, 0.25) is 11.9 Å². The maximum Gasteiger partial charge on any atom is 0.257 e. The molecule has 2 amide bonds. The summed E-state index contributed by atoms with van der Waals surface area (Å²) in [6.45, 7) is 1.16. The highest BCUT2D eigenvalue weighted by molar-refractivity contribution is 5.94. The van der Waals surface area contributed by atoms with Crippen LogP contribution < -0.4 is 10.6 Å². The van der Waals surface area contributed by atoms with Crippen molar-refractivity contribution in [3.63, 3.8) is 0 Å². The number of benzene rings is 1. The van der Waals surface area contributed by atoms with E-state index < -0.39 is 0 Å². The average molecular weight is 323 g/mol. The lowest BCUT2D eigenvalue weighted by atomic mass is 10.1. The summed E-state index contributed by atoms with van der Waals surface area (Å²) >= 11 is 0. The number of anilines is 2. The van der Waals surface area contributed by atoms with Crippen LogP contribution in [0.2, 0.25) is 0 Å². The Hall–Kier alpha value is -2.96. The van der Waals surface area contributed by atoms with Gasteiger partial charge < -0.3 is 15.5 Å². The molecule has 2 aliphatic heterocycles. The number of aromatic nitrogens is 2. The van der Waals surface area contributed by atoms with Crippen LogP contribution >= 0.6 is 0 Å². The fourth-order valence-corrected chi connectivity index (χ4v) is 3.25. The maximum absolute atomic E-state index is 12.5. The molecule has 2 atom stereocenters. The first-order chi connectivity index (χ1) is 11.7. The molecule has 7 nitrogen and oxygen atoms in total. The molecule has 4 rings (SSSR count). The van der Waals surface area contributed by atoms with Crippen LogP contribution in [0.4, 0.5) is 11.6 Å². The van der Waals surface area contributed by atoms with Gasteiger partial charge in [0.15, 0.2) is 0 Å². The van der Waals surface area contributed by atoms with Crippen molar-refractivity contribution in [1.82, 2.24) is 20.2 Å². The van der Waals surface area contributed by atoms with Gasteiger partial charge in [-0.2, -0.15) is 0 Å². The molecule has 7 heteroatoms. The second-order valence-corrected chi connectivity index (χ2v) is 6.13.